The van der Waals surface area contributed by atoms with Crippen LogP contribution in [-0.4, -0.2) is 17.0 Å². The number of hydrogen-bond acceptors (Lipinski definition) is 2. The third kappa shape index (κ3) is 2.02. The molecule has 0 saturated heterocycles. The number of ketones is 1. The van der Waals surface area contributed by atoms with Crippen molar-refractivity contribution in [3.8, 4) is 12.3 Å². The van der Waals surface area contributed by atoms with Gasteiger partial charge in [0, 0.05) is 17.8 Å². The molecule has 0 aromatic rings. The Balaban J connectivity index is 1.71. The molecule has 4 saturated carbocycles. The first-order chi connectivity index (χ1) is 10.9. The number of Topliss-reactive ketones (excluding diaryl/α,β-unsaturated/α-hetero) is 1. The Morgan fingerprint density at radius 3 is 2.61 bits per heavy atom. The van der Waals surface area contributed by atoms with Crippen molar-refractivity contribution in [2.24, 2.45) is 40.4 Å². The highest BCUT2D eigenvalue weighted by molar-refractivity contribution is 5.87. The molecule has 0 radical (unpaired) electrons. The van der Waals surface area contributed by atoms with Crippen molar-refractivity contribution in [2.75, 3.05) is 0 Å². The first-order valence-corrected chi connectivity index (χ1v) is 9.57. The second-order valence-electron chi connectivity index (χ2n) is 9.34. The van der Waals surface area contributed by atoms with Crippen molar-refractivity contribution in [3.63, 3.8) is 0 Å². The van der Waals surface area contributed by atoms with Crippen molar-refractivity contribution < 1.29 is 9.90 Å². The number of hydrogen-bond donors (Lipinski definition) is 1. The molecule has 23 heavy (non-hydrogen) atoms. The Morgan fingerprint density at radius 2 is 1.87 bits per heavy atom. The Kier molecular flexibility index (Phi) is 3.48. The number of terminal acetylenes is 1. The number of carbonyl (C=O) groups excluding carboxylic acids is 1. The summed E-state index contributed by atoms with van der Waals surface area (Å²) in [6.07, 6.45) is 13.9. The van der Waals surface area contributed by atoms with Crippen LogP contribution in [0.4, 0.5) is 0 Å². The molecule has 8 atom stereocenters. The third-order valence-electron chi connectivity index (χ3n) is 8.61. The van der Waals surface area contributed by atoms with Gasteiger partial charge in [-0.15, -0.1) is 12.3 Å². The molecule has 2 nitrogen and oxygen atoms in total. The molecule has 0 aliphatic heterocycles. The normalized spacial score (nSPS) is 55.5. The minimum atomic E-state index is -0.164. The molecule has 4 fully saturated rings. The number of rotatable bonds is 0. The van der Waals surface area contributed by atoms with Crippen LogP contribution in [0.5, 0.6) is 0 Å². The second-order valence-corrected chi connectivity index (χ2v) is 9.34. The topological polar surface area (TPSA) is 37.3 Å². The van der Waals surface area contributed by atoms with Gasteiger partial charge < -0.3 is 5.11 Å². The lowest BCUT2D eigenvalue weighted by Crippen LogP contribution is -2.56. The zero-order chi connectivity index (χ0) is 16.4. The van der Waals surface area contributed by atoms with E-state index in [-0.39, 0.29) is 22.9 Å². The van der Waals surface area contributed by atoms with E-state index in [0.717, 1.165) is 44.9 Å². The molecule has 2 heteroatoms. The molecule has 0 aromatic carbocycles. The van der Waals surface area contributed by atoms with Crippen LogP contribution in [-0.2, 0) is 4.79 Å². The molecule has 0 heterocycles. The fourth-order valence-electron chi connectivity index (χ4n) is 7.28. The zero-order valence-corrected chi connectivity index (χ0v) is 14.6. The molecule has 4 aliphatic carbocycles. The predicted octanol–water partition coefficient (Wildman–Crippen LogP) is 3.82. The van der Waals surface area contributed by atoms with Gasteiger partial charge in [-0.1, -0.05) is 13.8 Å². The van der Waals surface area contributed by atoms with Crippen LogP contribution in [0.2, 0.25) is 0 Å². The number of aliphatic hydroxyl groups is 1. The van der Waals surface area contributed by atoms with E-state index in [4.69, 9.17) is 6.42 Å². The summed E-state index contributed by atoms with van der Waals surface area (Å²) in [6.45, 7) is 4.68. The Labute approximate surface area is 140 Å². The van der Waals surface area contributed by atoms with Gasteiger partial charge in [-0.05, 0) is 74.0 Å². The van der Waals surface area contributed by atoms with Crippen molar-refractivity contribution in [1.29, 1.82) is 0 Å². The minimum absolute atomic E-state index is 0.0717. The highest BCUT2D eigenvalue weighted by Gasteiger charge is 2.61. The van der Waals surface area contributed by atoms with Gasteiger partial charge in [0.25, 0.3) is 0 Å². The summed E-state index contributed by atoms with van der Waals surface area (Å²) in [7, 11) is 0. The van der Waals surface area contributed by atoms with E-state index in [1.165, 1.54) is 6.42 Å². The minimum Gasteiger partial charge on any atom is -0.393 e. The molecule has 1 N–H and O–H groups in total. The van der Waals surface area contributed by atoms with E-state index >= 15 is 0 Å². The van der Waals surface area contributed by atoms with Gasteiger partial charge in [-0.25, -0.2) is 0 Å². The monoisotopic (exact) mass is 314 g/mol. The van der Waals surface area contributed by atoms with Gasteiger partial charge in [0.2, 0.25) is 0 Å². The molecule has 0 amide bonds. The van der Waals surface area contributed by atoms with Crippen LogP contribution in [0.15, 0.2) is 0 Å². The van der Waals surface area contributed by atoms with Crippen LogP contribution in [0, 0.1) is 52.8 Å². The first kappa shape index (κ1) is 15.7. The third-order valence-corrected chi connectivity index (χ3v) is 8.61. The SMILES string of the molecule is C#CC1C[C@@H]2[C@@H](CC[C@]3(C)C(=O)CC[C@@H]23)[C@@]2(C)CCC(O)CC12. The summed E-state index contributed by atoms with van der Waals surface area (Å²) < 4.78 is 0. The molecule has 0 spiro atoms. The first-order valence-electron chi connectivity index (χ1n) is 9.57. The Hall–Kier alpha value is -0.810. The Bertz CT molecular complexity index is 561. The largest absolute Gasteiger partial charge is 0.393 e. The molecule has 4 aliphatic rings. The Morgan fingerprint density at radius 1 is 1.09 bits per heavy atom. The maximum Gasteiger partial charge on any atom is 0.139 e. The van der Waals surface area contributed by atoms with Crippen LogP contribution in [0.25, 0.3) is 0 Å². The molecule has 3 unspecified atom stereocenters. The summed E-state index contributed by atoms with van der Waals surface area (Å²) in [4.78, 5) is 12.5. The smallest absolute Gasteiger partial charge is 0.139 e. The second kappa shape index (κ2) is 5.09. The number of fused-ring (bicyclic) bond motifs is 5. The lowest BCUT2D eigenvalue weighted by Gasteiger charge is -2.61. The highest BCUT2D eigenvalue weighted by atomic mass is 16.3. The lowest BCUT2D eigenvalue weighted by atomic mass is 9.43. The van der Waals surface area contributed by atoms with Crippen LogP contribution in [0.1, 0.15) is 65.2 Å². The van der Waals surface area contributed by atoms with Gasteiger partial charge in [0.1, 0.15) is 5.78 Å². The molecular weight excluding hydrogens is 284 g/mol. The van der Waals surface area contributed by atoms with Crippen molar-refractivity contribution in [1.82, 2.24) is 0 Å². The van der Waals surface area contributed by atoms with Gasteiger partial charge in [0.05, 0.1) is 6.10 Å². The van der Waals surface area contributed by atoms with E-state index in [1.54, 1.807) is 0 Å². The quantitative estimate of drug-likeness (QED) is 0.690. The van der Waals surface area contributed by atoms with Crippen LogP contribution in [0.3, 0.4) is 0 Å². The van der Waals surface area contributed by atoms with E-state index in [1.807, 2.05) is 0 Å². The standard InChI is InChI=1S/C21H30O2/c1-4-13-11-15-16-5-6-19(23)21(16,3)10-8-17(15)20(2)9-7-14(22)12-18(13)20/h1,13-18,22H,5-12H2,2-3H3/t13?,14?,15-,16-,17+,18?,20+,21-/m0/s1. The maximum absolute atomic E-state index is 12.5. The van der Waals surface area contributed by atoms with Gasteiger partial charge in [0.15, 0.2) is 0 Å². The molecule has 0 bridgehead atoms. The van der Waals surface area contributed by atoms with Gasteiger partial charge in [-0.3, -0.25) is 4.79 Å². The summed E-state index contributed by atoms with van der Waals surface area (Å²) in [5.74, 6) is 6.23. The summed E-state index contributed by atoms with van der Waals surface area (Å²) in [6, 6.07) is 0. The molecule has 0 aromatic heterocycles. The van der Waals surface area contributed by atoms with Crippen molar-refractivity contribution in [2.45, 2.75) is 71.3 Å². The average Bonchev–Trinajstić information content (AvgIpc) is 2.83. The molecular formula is C21H30O2. The van der Waals surface area contributed by atoms with Gasteiger partial charge >= 0.3 is 0 Å². The van der Waals surface area contributed by atoms with E-state index in [9.17, 15) is 9.90 Å². The number of carbonyl (C=O) groups is 1. The summed E-state index contributed by atoms with van der Waals surface area (Å²) >= 11 is 0. The fourth-order valence-corrected chi connectivity index (χ4v) is 7.28. The average molecular weight is 314 g/mol. The maximum atomic E-state index is 12.5. The van der Waals surface area contributed by atoms with E-state index in [2.05, 4.69) is 19.8 Å². The van der Waals surface area contributed by atoms with E-state index in [0.29, 0.717) is 29.5 Å². The van der Waals surface area contributed by atoms with Crippen molar-refractivity contribution >= 4 is 5.78 Å². The fraction of sp³-hybridized carbons (Fsp3) is 0.857. The van der Waals surface area contributed by atoms with Crippen LogP contribution < -0.4 is 0 Å². The lowest BCUT2D eigenvalue weighted by molar-refractivity contribution is -0.148. The summed E-state index contributed by atoms with van der Waals surface area (Å²) in [5.41, 5.74) is 0.198. The van der Waals surface area contributed by atoms with E-state index < -0.39 is 0 Å². The van der Waals surface area contributed by atoms with Crippen molar-refractivity contribution in [3.05, 3.63) is 0 Å². The van der Waals surface area contributed by atoms with Gasteiger partial charge in [-0.2, -0.15) is 0 Å². The molecule has 126 valence electrons. The predicted molar refractivity (Wildman–Crippen MR) is 90.4 cm³/mol. The molecule has 4 rings (SSSR count). The number of aliphatic hydroxyl groups excluding tert-OH is 1. The highest BCUT2D eigenvalue weighted by Crippen LogP contribution is 2.66. The summed E-state index contributed by atoms with van der Waals surface area (Å²) in [5, 5.41) is 10.2. The zero-order valence-electron chi connectivity index (χ0n) is 14.6. The van der Waals surface area contributed by atoms with Crippen LogP contribution >= 0.6 is 0 Å².